The van der Waals surface area contributed by atoms with Crippen LogP contribution in [0.5, 0.6) is 5.75 Å². The Hall–Kier alpha value is -3.13. The number of aromatic nitrogens is 1. The van der Waals surface area contributed by atoms with E-state index in [-0.39, 0.29) is 25.2 Å². The SMILES string of the molecule is CCC[n+]1cc(Br)cc(C(=O)N2CCN(C(=O)OCCOc3cccc4ccccc34)CC2)c1. The number of carbonyl (C=O) groups is 2. The second-order valence-corrected chi connectivity index (χ2v) is 9.12. The molecular weight excluding hydrogens is 498 g/mol. The predicted octanol–water partition coefficient (Wildman–Crippen LogP) is 4.27. The van der Waals surface area contributed by atoms with Crippen LogP contribution in [-0.2, 0) is 11.3 Å². The lowest BCUT2D eigenvalue weighted by Crippen LogP contribution is -2.51. The minimum atomic E-state index is -0.378. The van der Waals surface area contributed by atoms with Gasteiger partial charge in [-0.05, 0) is 33.4 Å². The number of rotatable bonds is 7. The number of hydrogen-bond acceptors (Lipinski definition) is 4. The van der Waals surface area contributed by atoms with E-state index >= 15 is 0 Å². The van der Waals surface area contributed by atoms with Gasteiger partial charge in [0.1, 0.15) is 31.1 Å². The number of piperazine rings is 1. The van der Waals surface area contributed by atoms with Crippen molar-refractivity contribution in [2.75, 3.05) is 39.4 Å². The number of amides is 2. The molecule has 0 atom stereocenters. The Kier molecular flexibility index (Phi) is 8.00. The van der Waals surface area contributed by atoms with E-state index in [1.165, 1.54) is 0 Å². The van der Waals surface area contributed by atoms with Crippen molar-refractivity contribution in [1.82, 2.24) is 9.80 Å². The number of ether oxygens (including phenoxy) is 2. The quantitative estimate of drug-likeness (QED) is 0.340. The molecule has 7 nitrogen and oxygen atoms in total. The van der Waals surface area contributed by atoms with Crippen LogP contribution in [0.25, 0.3) is 10.8 Å². The minimum Gasteiger partial charge on any atom is -0.489 e. The van der Waals surface area contributed by atoms with E-state index in [9.17, 15) is 9.59 Å². The maximum Gasteiger partial charge on any atom is 0.410 e. The van der Waals surface area contributed by atoms with Crippen LogP contribution in [0.15, 0.2) is 65.4 Å². The van der Waals surface area contributed by atoms with Crippen molar-refractivity contribution in [3.05, 3.63) is 71.0 Å². The van der Waals surface area contributed by atoms with E-state index < -0.39 is 0 Å². The molecule has 178 valence electrons. The van der Waals surface area contributed by atoms with Crippen molar-refractivity contribution in [2.45, 2.75) is 19.9 Å². The maximum atomic E-state index is 13.0. The van der Waals surface area contributed by atoms with Crippen LogP contribution in [0, 0.1) is 0 Å². The molecule has 2 amide bonds. The number of benzene rings is 2. The first-order valence-corrected chi connectivity index (χ1v) is 12.4. The normalized spacial score (nSPS) is 13.7. The summed E-state index contributed by atoms with van der Waals surface area (Å²) >= 11 is 3.49. The lowest BCUT2D eigenvalue weighted by Gasteiger charge is -2.34. The van der Waals surface area contributed by atoms with Crippen LogP contribution in [0.1, 0.15) is 23.7 Å². The Balaban J connectivity index is 1.23. The van der Waals surface area contributed by atoms with Crippen LogP contribution in [0.2, 0.25) is 0 Å². The Bertz CT molecular complexity index is 1160. The van der Waals surface area contributed by atoms with Crippen LogP contribution >= 0.6 is 15.9 Å². The number of nitrogens with zero attached hydrogens (tertiary/aromatic N) is 3. The fourth-order valence-corrected chi connectivity index (χ4v) is 4.58. The molecule has 0 saturated carbocycles. The zero-order chi connectivity index (χ0) is 23.9. The number of carbonyl (C=O) groups excluding carboxylic acids is 2. The summed E-state index contributed by atoms with van der Waals surface area (Å²) in [4.78, 5) is 28.9. The highest BCUT2D eigenvalue weighted by molar-refractivity contribution is 9.10. The van der Waals surface area contributed by atoms with Crippen molar-refractivity contribution in [3.63, 3.8) is 0 Å². The van der Waals surface area contributed by atoms with Gasteiger partial charge in [-0.25, -0.2) is 9.36 Å². The third kappa shape index (κ3) is 5.86. The third-order valence-corrected chi connectivity index (χ3v) is 6.19. The molecule has 1 aliphatic heterocycles. The molecule has 8 heteroatoms. The first-order valence-electron chi connectivity index (χ1n) is 11.6. The molecule has 0 radical (unpaired) electrons. The van der Waals surface area contributed by atoms with Gasteiger partial charge >= 0.3 is 6.09 Å². The molecule has 1 fully saturated rings. The summed E-state index contributed by atoms with van der Waals surface area (Å²) in [5, 5.41) is 2.13. The van der Waals surface area contributed by atoms with Gasteiger partial charge in [-0.15, -0.1) is 0 Å². The van der Waals surface area contributed by atoms with E-state index in [2.05, 4.69) is 22.9 Å². The second-order valence-electron chi connectivity index (χ2n) is 8.20. The highest BCUT2D eigenvalue weighted by atomic mass is 79.9. The fourth-order valence-electron chi connectivity index (χ4n) is 4.07. The van der Waals surface area contributed by atoms with Crippen molar-refractivity contribution >= 4 is 38.7 Å². The number of aryl methyl sites for hydroxylation is 1. The number of pyridine rings is 1. The molecule has 0 aliphatic carbocycles. The standard InChI is InChI=1S/C26H29BrN3O4/c1-2-10-28-18-21(17-22(27)19-28)25(31)29-11-13-30(14-12-29)26(32)34-16-15-33-24-9-5-7-20-6-3-4-8-23(20)24/h3-9,17-19H,2,10-16H2,1H3/q+1. The van der Waals surface area contributed by atoms with Gasteiger partial charge in [0.15, 0.2) is 12.4 Å². The maximum absolute atomic E-state index is 13.0. The van der Waals surface area contributed by atoms with E-state index in [0.717, 1.165) is 34.0 Å². The van der Waals surface area contributed by atoms with Gasteiger partial charge in [-0.3, -0.25) is 4.79 Å². The first-order chi connectivity index (χ1) is 16.5. The molecule has 0 N–H and O–H groups in total. The molecule has 1 saturated heterocycles. The molecule has 0 spiro atoms. The summed E-state index contributed by atoms with van der Waals surface area (Å²) in [5.74, 6) is 0.747. The molecular formula is C26H29BrN3O4+. The van der Waals surface area contributed by atoms with Crippen LogP contribution < -0.4 is 9.30 Å². The van der Waals surface area contributed by atoms with E-state index in [1.807, 2.05) is 65.5 Å². The predicted molar refractivity (Wildman–Crippen MR) is 133 cm³/mol. The number of hydrogen-bond donors (Lipinski definition) is 0. The highest BCUT2D eigenvalue weighted by Crippen LogP contribution is 2.25. The van der Waals surface area contributed by atoms with Gasteiger partial charge in [0.05, 0.1) is 4.47 Å². The van der Waals surface area contributed by atoms with Gasteiger partial charge in [0.2, 0.25) is 0 Å². The monoisotopic (exact) mass is 526 g/mol. The van der Waals surface area contributed by atoms with E-state index in [0.29, 0.717) is 31.7 Å². The third-order valence-electron chi connectivity index (χ3n) is 5.76. The van der Waals surface area contributed by atoms with Crippen molar-refractivity contribution in [2.24, 2.45) is 0 Å². The molecule has 2 aromatic carbocycles. The van der Waals surface area contributed by atoms with Crippen LogP contribution in [-0.4, -0.2) is 61.2 Å². The number of halogens is 1. The zero-order valence-corrected chi connectivity index (χ0v) is 20.9. The van der Waals surface area contributed by atoms with Gasteiger partial charge in [-0.2, -0.15) is 0 Å². The minimum absolute atomic E-state index is 0.0253. The van der Waals surface area contributed by atoms with Crippen molar-refractivity contribution < 1.29 is 23.6 Å². The number of fused-ring (bicyclic) bond motifs is 1. The second kappa shape index (κ2) is 11.3. The van der Waals surface area contributed by atoms with Crippen LogP contribution in [0.4, 0.5) is 4.79 Å². The largest absolute Gasteiger partial charge is 0.489 e. The summed E-state index contributed by atoms with van der Waals surface area (Å²) in [6.45, 7) is 5.22. The summed E-state index contributed by atoms with van der Waals surface area (Å²) in [6.07, 6.45) is 4.46. The van der Waals surface area contributed by atoms with E-state index in [4.69, 9.17) is 9.47 Å². The molecule has 2 heterocycles. The van der Waals surface area contributed by atoms with Crippen LogP contribution in [0.3, 0.4) is 0 Å². The fraction of sp³-hybridized carbons (Fsp3) is 0.346. The molecule has 34 heavy (non-hydrogen) atoms. The van der Waals surface area contributed by atoms with Gasteiger partial charge < -0.3 is 19.3 Å². The zero-order valence-electron chi connectivity index (χ0n) is 19.3. The van der Waals surface area contributed by atoms with Crippen molar-refractivity contribution in [1.29, 1.82) is 0 Å². The van der Waals surface area contributed by atoms with Gasteiger partial charge in [0, 0.05) is 38.0 Å². The Labute approximate surface area is 208 Å². The summed E-state index contributed by atoms with van der Waals surface area (Å²) in [6, 6.07) is 15.7. The average Bonchev–Trinajstić information content (AvgIpc) is 2.86. The summed E-state index contributed by atoms with van der Waals surface area (Å²) < 4.78 is 14.1. The summed E-state index contributed by atoms with van der Waals surface area (Å²) in [5.41, 5.74) is 0.643. The smallest absolute Gasteiger partial charge is 0.410 e. The lowest BCUT2D eigenvalue weighted by molar-refractivity contribution is -0.697. The topological polar surface area (TPSA) is 63.0 Å². The van der Waals surface area contributed by atoms with E-state index in [1.54, 1.807) is 9.80 Å². The van der Waals surface area contributed by atoms with Crippen molar-refractivity contribution in [3.8, 4) is 5.75 Å². The Morgan fingerprint density at radius 1 is 0.971 bits per heavy atom. The lowest BCUT2D eigenvalue weighted by atomic mass is 10.1. The molecule has 4 rings (SSSR count). The first kappa shape index (κ1) is 24.0. The average molecular weight is 527 g/mol. The molecule has 1 aliphatic rings. The summed E-state index contributed by atoms with van der Waals surface area (Å²) in [7, 11) is 0. The Morgan fingerprint density at radius 3 is 2.50 bits per heavy atom. The van der Waals surface area contributed by atoms with Gasteiger partial charge in [-0.1, -0.05) is 43.3 Å². The molecule has 0 unspecified atom stereocenters. The molecule has 3 aromatic rings. The Morgan fingerprint density at radius 2 is 1.71 bits per heavy atom. The molecule has 1 aromatic heterocycles. The van der Waals surface area contributed by atoms with Gasteiger partial charge in [0.25, 0.3) is 5.91 Å². The highest BCUT2D eigenvalue weighted by Gasteiger charge is 2.27. The molecule has 0 bridgehead atoms.